The molecule has 1 aromatic carbocycles. The molecule has 3 nitrogen and oxygen atoms in total. The lowest BCUT2D eigenvalue weighted by atomic mass is 10.1. The third-order valence-electron chi connectivity index (χ3n) is 1.50. The Bertz CT molecular complexity index is 369. The number of Topliss-reactive ketones (excluding diaryl/α,β-unsaturated/α-hetero) is 1. The van der Waals surface area contributed by atoms with Crippen molar-refractivity contribution in [2.75, 3.05) is 0 Å². The SMILES string of the molecule is O=C(O)CC(=O)c1cc(F)cc(Cl)c1. The van der Waals surface area contributed by atoms with Crippen molar-refractivity contribution in [1.29, 1.82) is 0 Å². The van der Waals surface area contributed by atoms with E-state index in [-0.39, 0.29) is 10.6 Å². The summed E-state index contributed by atoms with van der Waals surface area (Å²) in [5, 5.41) is 8.40. The molecular formula is C9H6ClFO3. The molecule has 0 aliphatic rings. The normalized spacial score (nSPS) is 9.86. The summed E-state index contributed by atoms with van der Waals surface area (Å²) in [6, 6.07) is 3.23. The van der Waals surface area contributed by atoms with Crippen LogP contribution >= 0.6 is 11.6 Å². The maximum atomic E-state index is 12.7. The number of aliphatic carboxylic acids is 1. The van der Waals surface area contributed by atoms with Crippen LogP contribution in [0.1, 0.15) is 16.8 Å². The third-order valence-corrected chi connectivity index (χ3v) is 1.71. The van der Waals surface area contributed by atoms with Crippen molar-refractivity contribution in [3.8, 4) is 0 Å². The molecule has 0 saturated carbocycles. The maximum Gasteiger partial charge on any atom is 0.311 e. The van der Waals surface area contributed by atoms with E-state index in [1.165, 1.54) is 6.07 Å². The van der Waals surface area contributed by atoms with E-state index in [0.717, 1.165) is 12.1 Å². The number of carboxylic acids is 1. The standard InChI is InChI=1S/C9H6ClFO3/c10-6-1-5(2-7(11)3-6)8(12)4-9(13)14/h1-3H,4H2,(H,13,14). The van der Waals surface area contributed by atoms with Gasteiger partial charge in [-0.1, -0.05) is 11.6 Å². The minimum atomic E-state index is -1.25. The van der Waals surface area contributed by atoms with Crippen LogP contribution in [0.15, 0.2) is 18.2 Å². The van der Waals surface area contributed by atoms with Crippen LogP contribution in [0.3, 0.4) is 0 Å². The number of carbonyl (C=O) groups excluding carboxylic acids is 1. The summed E-state index contributed by atoms with van der Waals surface area (Å²) in [7, 11) is 0. The molecule has 1 rings (SSSR count). The number of ketones is 1. The van der Waals surface area contributed by atoms with Gasteiger partial charge < -0.3 is 5.11 Å². The van der Waals surface area contributed by atoms with E-state index < -0.39 is 24.0 Å². The highest BCUT2D eigenvalue weighted by atomic mass is 35.5. The first-order valence-corrected chi connectivity index (χ1v) is 4.08. The maximum absolute atomic E-state index is 12.7. The Morgan fingerprint density at radius 2 is 2.00 bits per heavy atom. The Balaban J connectivity index is 2.95. The summed E-state index contributed by atoms with van der Waals surface area (Å²) in [5.41, 5.74) is -0.0302. The van der Waals surface area contributed by atoms with Gasteiger partial charge in [0.05, 0.1) is 0 Å². The van der Waals surface area contributed by atoms with E-state index >= 15 is 0 Å². The zero-order valence-corrected chi connectivity index (χ0v) is 7.71. The van der Waals surface area contributed by atoms with Crippen LogP contribution in [0.2, 0.25) is 5.02 Å². The largest absolute Gasteiger partial charge is 0.481 e. The lowest BCUT2D eigenvalue weighted by Gasteiger charge is -1.99. The van der Waals surface area contributed by atoms with Gasteiger partial charge in [0.15, 0.2) is 5.78 Å². The zero-order chi connectivity index (χ0) is 10.7. The van der Waals surface area contributed by atoms with E-state index in [0.29, 0.717) is 0 Å². The van der Waals surface area contributed by atoms with Crippen LogP contribution in [0, 0.1) is 5.82 Å². The summed E-state index contributed by atoms with van der Waals surface area (Å²) in [5.74, 6) is -2.58. The number of rotatable bonds is 3. The molecule has 0 atom stereocenters. The minimum Gasteiger partial charge on any atom is -0.481 e. The summed E-state index contributed by atoms with van der Waals surface area (Å²) >= 11 is 5.49. The summed E-state index contributed by atoms with van der Waals surface area (Å²) in [4.78, 5) is 21.4. The van der Waals surface area contributed by atoms with Crippen LogP contribution in [0.5, 0.6) is 0 Å². The van der Waals surface area contributed by atoms with Gasteiger partial charge in [-0.2, -0.15) is 0 Å². The average Bonchev–Trinajstić information content (AvgIpc) is 2.00. The predicted octanol–water partition coefficient (Wildman–Crippen LogP) is 2.14. The highest BCUT2D eigenvalue weighted by Gasteiger charge is 2.12. The molecule has 0 radical (unpaired) electrons. The molecule has 0 fully saturated rings. The first-order chi connectivity index (χ1) is 6.49. The molecule has 0 saturated heterocycles. The lowest BCUT2D eigenvalue weighted by molar-refractivity contribution is -0.135. The monoisotopic (exact) mass is 216 g/mol. The third kappa shape index (κ3) is 2.81. The predicted molar refractivity (Wildman–Crippen MR) is 48.0 cm³/mol. The first kappa shape index (κ1) is 10.7. The summed E-state index contributed by atoms with van der Waals surface area (Å²) < 4.78 is 12.7. The van der Waals surface area contributed by atoms with Gasteiger partial charge >= 0.3 is 5.97 Å². The average molecular weight is 217 g/mol. The molecule has 14 heavy (non-hydrogen) atoms. The van der Waals surface area contributed by atoms with Crippen molar-refractivity contribution in [1.82, 2.24) is 0 Å². The van der Waals surface area contributed by atoms with Crippen LogP contribution in [-0.4, -0.2) is 16.9 Å². The van der Waals surface area contributed by atoms with Crippen molar-refractivity contribution in [2.24, 2.45) is 0 Å². The quantitative estimate of drug-likeness (QED) is 0.622. The van der Waals surface area contributed by atoms with Crippen LogP contribution < -0.4 is 0 Å². The summed E-state index contributed by atoms with van der Waals surface area (Å²) in [6.07, 6.45) is -0.667. The molecule has 0 heterocycles. The van der Waals surface area contributed by atoms with Crippen molar-refractivity contribution in [3.05, 3.63) is 34.6 Å². The molecule has 74 valence electrons. The molecule has 1 aromatic rings. The fraction of sp³-hybridized carbons (Fsp3) is 0.111. The lowest BCUT2D eigenvalue weighted by Crippen LogP contribution is -2.07. The Morgan fingerprint density at radius 1 is 1.36 bits per heavy atom. The highest BCUT2D eigenvalue weighted by Crippen LogP contribution is 2.15. The van der Waals surface area contributed by atoms with E-state index in [2.05, 4.69) is 0 Å². The van der Waals surface area contributed by atoms with Crippen molar-refractivity contribution in [3.63, 3.8) is 0 Å². The molecule has 0 aliphatic carbocycles. The minimum absolute atomic E-state index is 0.0302. The van der Waals surface area contributed by atoms with Gasteiger partial charge in [-0.15, -0.1) is 0 Å². The second-order valence-corrected chi connectivity index (χ2v) is 3.09. The second-order valence-electron chi connectivity index (χ2n) is 2.65. The molecule has 5 heteroatoms. The molecule has 0 bridgehead atoms. The fourth-order valence-electron chi connectivity index (χ4n) is 0.954. The van der Waals surface area contributed by atoms with E-state index in [4.69, 9.17) is 16.7 Å². The van der Waals surface area contributed by atoms with E-state index in [1.807, 2.05) is 0 Å². The van der Waals surface area contributed by atoms with Gasteiger partial charge in [-0.05, 0) is 18.2 Å². The topological polar surface area (TPSA) is 54.4 Å². The second kappa shape index (κ2) is 4.19. The molecular weight excluding hydrogens is 211 g/mol. The van der Waals surface area contributed by atoms with Crippen LogP contribution in [0.25, 0.3) is 0 Å². The van der Waals surface area contributed by atoms with Gasteiger partial charge in [0.25, 0.3) is 0 Å². The molecule has 0 aliphatic heterocycles. The van der Waals surface area contributed by atoms with Gasteiger partial charge in [-0.3, -0.25) is 9.59 Å². The van der Waals surface area contributed by atoms with Crippen molar-refractivity contribution >= 4 is 23.4 Å². The van der Waals surface area contributed by atoms with Gasteiger partial charge in [0.1, 0.15) is 12.2 Å². The zero-order valence-electron chi connectivity index (χ0n) is 6.96. The number of benzene rings is 1. The summed E-state index contributed by atoms with van der Waals surface area (Å²) in [6.45, 7) is 0. The molecule has 0 amide bonds. The number of hydrogen-bond donors (Lipinski definition) is 1. The molecule has 0 spiro atoms. The number of carboxylic acid groups (broad SMARTS) is 1. The van der Waals surface area contributed by atoms with Crippen molar-refractivity contribution < 1.29 is 19.1 Å². The van der Waals surface area contributed by atoms with Gasteiger partial charge in [0.2, 0.25) is 0 Å². The Morgan fingerprint density at radius 3 is 2.50 bits per heavy atom. The Hall–Kier alpha value is -1.42. The van der Waals surface area contributed by atoms with E-state index in [1.54, 1.807) is 0 Å². The van der Waals surface area contributed by atoms with Crippen LogP contribution in [-0.2, 0) is 4.79 Å². The Kier molecular flexibility index (Phi) is 3.19. The fourth-order valence-corrected chi connectivity index (χ4v) is 1.18. The number of carbonyl (C=O) groups is 2. The van der Waals surface area contributed by atoms with Crippen molar-refractivity contribution in [2.45, 2.75) is 6.42 Å². The van der Waals surface area contributed by atoms with Gasteiger partial charge in [0, 0.05) is 10.6 Å². The molecule has 0 aromatic heterocycles. The number of halogens is 2. The smallest absolute Gasteiger partial charge is 0.311 e. The highest BCUT2D eigenvalue weighted by molar-refractivity contribution is 6.31. The first-order valence-electron chi connectivity index (χ1n) is 3.70. The Labute approximate surface area is 84.1 Å². The van der Waals surface area contributed by atoms with Gasteiger partial charge in [-0.25, -0.2) is 4.39 Å². The molecule has 1 N–H and O–H groups in total. The number of hydrogen-bond acceptors (Lipinski definition) is 2. The van der Waals surface area contributed by atoms with E-state index in [9.17, 15) is 14.0 Å². The molecule has 0 unspecified atom stereocenters. The van der Waals surface area contributed by atoms with Crippen LogP contribution in [0.4, 0.5) is 4.39 Å².